The van der Waals surface area contributed by atoms with Gasteiger partial charge in [0.1, 0.15) is 11.8 Å². The van der Waals surface area contributed by atoms with Crippen LogP contribution in [0.2, 0.25) is 0 Å². The van der Waals surface area contributed by atoms with Crippen molar-refractivity contribution in [2.75, 3.05) is 9.80 Å². The maximum atomic E-state index is 12.9. The Morgan fingerprint density at radius 2 is 1.64 bits per heavy atom. The van der Waals surface area contributed by atoms with Gasteiger partial charge in [0.2, 0.25) is 5.91 Å². The highest BCUT2D eigenvalue weighted by Crippen LogP contribution is 2.54. The minimum atomic E-state index is -1.34. The lowest BCUT2D eigenvalue weighted by Crippen LogP contribution is -2.56. The summed E-state index contributed by atoms with van der Waals surface area (Å²) in [4.78, 5) is 28.5. The minimum absolute atomic E-state index is 0.00715. The number of benzene rings is 2. The minimum Gasteiger partial charge on any atom is -0.380 e. The van der Waals surface area contributed by atoms with E-state index in [0.29, 0.717) is 22.5 Å². The van der Waals surface area contributed by atoms with Crippen LogP contribution in [0.4, 0.5) is 11.4 Å². The molecule has 0 spiro atoms. The highest BCUT2D eigenvalue weighted by molar-refractivity contribution is 6.19. The van der Waals surface area contributed by atoms with Crippen LogP contribution in [0.25, 0.3) is 0 Å². The zero-order valence-electron chi connectivity index (χ0n) is 11.6. The summed E-state index contributed by atoms with van der Waals surface area (Å²) in [6.07, 6.45) is -0.688. The Morgan fingerprint density at radius 1 is 0.955 bits per heavy atom. The van der Waals surface area contributed by atoms with Gasteiger partial charge in [-0.05, 0) is 18.2 Å². The van der Waals surface area contributed by atoms with Gasteiger partial charge in [0.05, 0.1) is 23.4 Å². The number of fused-ring (bicyclic) bond motifs is 5. The molecular weight excluding hydrogens is 280 g/mol. The number of anilines is 2. The van der Waals surface area contributed by atoms with Crippen LogP contribution in [-0.2, 0) is 10.4 Å². The summed E-state index contributed by atoms with van der Waals surface area (Å²) >= 11 is 0. The van der Waals surface area contributed by atoms with Crippen LogP contribution in [0.15, 0.2) is 48.5 Å². The highest BCUT2D eigenvalue weighted by atomic mass is 16.3. The van der Waals surface area contributed by atoms with E-state index in [1.54, 1.807) is 40.1 Å². The largest absolute Gasteiger partial charge is 0.380 e. The molecular formula is C17H12N2O3. The molecule has 2 aromatic rings. The fourth-order valence-corrected chi connectivity index (χ4v) is 3.98. The third-order valence-electron chi connectivity index (χ3n) is 4.85. The normalized spacial score (nSPS) is 27.8. The third-order valence-corrected chi connectivity index (χ3v) is 4.85. The summed E-state index contributed by atoms with van der Waals surface area (Å²) < 4.78 is 0. The molecule has 22 heavy (non-hydrogen) atoms. The molecule has 0 bridgehead atoms. The second kappa shape index (κ2) is 3.56. The summed E-state index contributed by atoms with van der Waals surface area (Å²) in [6, 6.07) is 14.3. The molecule has 0 radical (unpaired) electrons. The van der Waals surface area contributed by atoms with Gasteiger partial charge < -0.3 is 5.11 Å². The second-order valence-corrected chi connectivity index (χ2v) is 5.95. The molecule has 1 saturated heterocycles. The van der Waals surface area contributed by atoms with Crippen molar-refractivity contribution < 1.29 is 14.7 Å². The first kappa shape index (κ1) is 11.9. The van der Waals surface area contributed by atoms with Crippen molar-refractivity contribution in [3.05, 3.63) is 59.7 Å². The number of para-hydroxylation sites is 2. The summed E-state index contributed by atoms with van der Waals surface area (Å²) in [6.45, 7) is 0. The van der Waals surface area contributed by atoms with E-state index in [1.807, 2.05) is 18.2 Å². The maximum Gasteiger partial charge on any atom is 0.262 e. The van der Waals surface area contributed by atoms with E-state index < -0.39 is 11.8 Å². The summed E-state index contributed by atoms with van der Waals surface area (Å²) in [7, 11) is 0. The lowest BCUT2D eigenvalue weighted by Gasteiger charge is -2.39. The molecule has 3 heterocycles. The average molecular weight is 292 g/mol. The first-order chi connectivity index (χ1) is 10.6. The van der Waals surface area contributed by atoms with Gasteiger partial charge in [0, 0.05) is 5.56 Å². The van der Waals surface area contributed by atoms with Crippen LogP contribution in [0.3, 0.4) is 0 Å². The highest BCUT2D eigenvalue weighted by Gasteiger charge is 2.64. The number of hydrogen-bond acceptors (Lipinski definition) is 3. The Hall–Kier alpha value is -2.66. The monoisotopic (exact) mass is 292 g/mol. The van der Waals surface area contributed by atoms with Gasteiger partial charge in [-0.2, -0.15) is 0 Å². The van der Waals surface area contributed by atoms with Gasteiger partial charge in [0.15, 0.2) is 0 Å². The molecule has 2 amide bonds. The van der Waals surface area contributed by atoms with E-state index in [-0.39, 0.29) is 18.2 Å². The zero-order chi connectivity index (χ0) is 15.1. The van der Waals surface area contributed by atoms with Crippen molar-refractivity contribution >= 4 is 23.2 Å². The van der Waals surface area contributed by atoms with Crippen LogP contribution in [0, 0.1) is 0 Å². The summed E-state index contributed by atoms with van der Waals surface area (Å²) in [5.74, 6) is -0.332. The first-order valence-electron chi connectivity index (χ1n) is 7.19. The van der Waals surface area contributed by atoms with Crippen LogP contribution in [0.5, 0.6) is 0 Å². The molecule has 2 atom stereocenters. The van der Waals surface area contributed by atoms with Crippen LogP contribution in [-0.4, -0.2) is 23.1 Å². The molecule has 2 aromatic carbocycles. The smallest absolute Gasteiger partial charge is 0.262 e. The standard InChI is InChI=1S/C17H12N2O3/c20-14-9-17(22)11-6-2-4-8-13(11)19-15(21)10-5-1-3-7-12(10)18(14)16(17)19/h1-8,16,22H,9H2/t16-,17-/m0/s1. The number of hydrogen-bond donors (Lipinski definition) is 1. The molecule has 5 heteroatoms. The Bertz CT molecular complexity index is 862. The number of rotatable bonds is 0. The number of carbonyl (C=O) groups is 2. The third kappa shape index (κ3) is 1.12. The Labute approximate surface area is 126 Å². The maximum absolute atomic E-state index is 12.9. The number of amides is 2. The number of nitrogens with zero attached hydrogens (tertiary/aromatic N) is 2. The van der Waals surface area contributed by atoms with E-state index in [9.17, 15) is 14.7 Å². The summed E-state index contributed by atoms with van der Waals surface area (Å²) in [5.41, 5.74) is 1.08. The van der Waals surface area contributed by atoms with Gasteiger partial charge in [-0.15, -0.1) is 0 Å². The van der Waals surface area contributed by atoms with E-state index in [4.69, 9.17) is 0 Å². The zero-order valence-corrected chi connectivity index (χ0v) is 11.6. The fraction of sp³-hybridized carbons (Fsp3) is 0.176. The Morgan fingerprint density at radius 3 is 2.45 bits per heavy atom. The second-order valence-electron chi connectivity index (χ2n) is 5.95. The van der Waals surface area contributed by atoms with Gasteiger partial charge in [-0.3, -0.25) is 19.4 Å². The molecule has 0 aliphatic carbocycles. The van der Waals surface area contributed by atoms with Crippen molar-refractivity contribution in [3.63, 3.8) is 0 Å². The Kier molecular flexibility index (Phi) is 1.93. The lowest BCUT2D eigenvalue weighted by molar-refractivity contribution is -0.118. The molecule has 3 aliphatic heterocycles. The predicted molar refractivity (Wildman–Crippen MR) is 79.5 cm³/mol. The molecule has 108 valence electrons. The number of aliphatic hydroxyl groups is 1. The van der Waals surface area contributed by atoms with Crippen molar-refractivity contribution in [2.45, 2.75) is 18.2 Å². The van der Waals surface area contributed by atoms with Gasteiger partial charge in [-0.25, -0.2) is 0 Å². The molecule has 0 saturated carbocycles. The van der Waals surface area contributed by atoms with Crippen LogP contribution >= 0.6 is 0 Å². The molecule has 1 N–H and O–H groups in total. The molecule has 0 aromatic heterocycles. The van der Waals surface area contributed by atoms with E-state index in [1.165, 1.54) is 0 Å². The molecule has 5 nitrogen and oxygen atoms in total. The SMILES string of the molecule is O=C1C[C@]2(O)c3ccccc3N3C(=O)c4ccccc4N1[C@@H]32. The quantitative estimate of drug-likeness (QED) is 0.802. The van der Waals surface area contributed by atoms with Crippen molar-refractivity contribution in [1.29, 1.82) is 0 Å². The van der Waals surface area contributed by atoms with Crippen molar-refractivity contribution in [1.82, 2.24) is 0 Å². The van der Waals surface area contributed by atoms with Gasteiger partial charge in [-0.1, -0.05) is 30.3 Å². The average Bonchev–Trinajstić information content (AvgIpc) is 2.94. The topological polar surface area (TPSA) is 60.9 Å². The first-order valence-corrected chi connectivity index (χ1v) is 7.19. The van der Waals surface area contributed by atoms with Gasteiger partial charge in [0.25, 0.3) is 5.91 Å². The molecule has 3 aliphatic rings. The van der Waals surface area contributed by atoms with Crippen LogP contribution in [0.1, 0.15) is 22.3 Å². The molecule has 1 fully saturated rings. The number of carbonyl (C=O) groups excluding carboxylic acids is 2. The van der Waals surface area contributed by atoms with Crippen molar-refractivity contribution in [2.24, 2.45) is 0 Å². The summed E-state index contributed by atoms with van der Waals surface area (Å²) in [5, 5.41) is 11.1. The van der Waals surface area contributed by atoms with Gasteiger partial charge >= 0.3 is 0 Å². The predicted octanol–water partition coefficient (Wildman–Crippen LogP) is 1.61. The van der Waals surface area contributed by atoms with Crippen molar-refractivity contribution in [3.8, 4) is 0 Å². The fourth-order valence-electron chi connectivity index (χ4n) is 3.98. The van der Waals surface area contributed by atoms with E-state index in [2.05, 4.69) is 0 Å². The van der Waals surface area contributed by atoms with E-state index in [0.717, 1.165) is 0 Å². The molecule has 5 rings (SSSR count). The molecule has 0 unspecified atom stereocenters. The Balaban J connectivity index is 1.87. The lowest BCUT2D eigenvalue weighted by atomic mass is 9.92. The van der Waals surface area contributed by atoms with E-state index >= 15 is 0 Å². The van der Waals surface area contributed by atoms with Crippen LogP contribution < -0.4 is 9.80 Å².